The largest absolute Gasteiger partial charge is 0.338 e. The van der Waals surface area contributed by atoms with Crippen molar-refractivity contribution in [3.05, 3.63) is 35.9 Å². The summed E-state index contributed by atoms with van der Waals surface area (Å²) in [6.07, 6.45) is 4.34. The molecule has 0 radical (unpaired) electrons. The van der Waals surface area contributed by atoms with E-state index in [0.29, 0.717) is 5.92 Å². The second kappa shape index (κ2) is 7.58. The lowest BCUT2D eigenvalue weighted by Crippen LogP contribution is -2.55. The van der Waals surface area contributed by atoms with E-state index in [1.165, 1.54) is 17.7 Å². The van der Waals surface area contributed by atoms with Crippen molar-refractivity contribution in [3.8, 4) is 0 Å². The van der Waals surface area contributed by atoms with Gasteiger partial charge in [-0.05, 0) is 36.3 Å². The second-order valence-corrected chi connectivity index (χ2v) is 6.40. The molecular formula is C16H24N2OS. The van der Waals surface area contributed by atoms with Gasteiger partial charge in [-0.15, -0.1) is 0 Å². The normalized spacial score (nSPS) is 21.4. The number of unbranched alkanes of at least 4 members (excludes halogenated alkanes) is 1. The zero-order valence-electron chi connectivity index (χ0n) is 12.3. The van der Waals surface area contributed by atoms with Crippen LogP contribution < -0.4 is 5.32 Å². The first-order valence-electron chi connectivity index (χ1n) is 7.32. The van der Waals surface area contributed by atoms with Crippen LogP contribution in [-0.4, -0.2) is 36.0 Å². The van der Waals surface area contributed by atoms with Gasteiger partial charge in [0.25, 0.3) is 0 Å². The summed E-state index contributed by atoms with van der Waals surface area (Å²) in [5, 5.41) is 3.04. The first-order valence-corrected chi connectivity index (χ1v) is 8.71. The highest BCUT2D eigenvalue weighted by Gasteiger charge is 2.39. The number of nitrogens with zero attached hydrogens (tertiary/aromatic N) is 1. The second-order valence-electron chi connectivity index (χ2n) is 5.42. The molecule has 110 valence electrons. The maximum Gasteiger partial charge on any atom is 0.317 e. The van der Waals surface area contributed by atoms with Gasteiger partial charge < -0.3 is 10.2 Å². The number of rotatable bonds is 6. The summed E-state index contributed by atoms with van der Waals surface area (Å²) < 4.78 is 0. The monoisotopic (exact) mass is 292 g/mol. The van der Waals surface area contributed by atoms with E-state index in [1.807, 2.05) is 34.9 Å². The highest BCUT2D eigenvalue weighted by Crippen LogP contribution is 2.38. The summed E-state index contributed by atoms with van der Waals surface area (Å²) in [6, 6.07) is 10.6. The van der Waals surface area contributed by atoms with Crippen LogP contribution in [0.5, 0.6) is 0 Å². The first-order chi connectivity index (χ1) is 9.74. The van der Waals surface area contributed by atoms with Crippen molar-refractivity contribution in [2.45, 2.75) is 25.8 Å². The highest BCUT2D eigenvalue weighted by molar-refractivity contribution is 7.98. The Labute approximate surface area is 126 Å². The fraction of sp³-hybridized carbons (Fsp3) is 0.562. The minimum Gasteiger partial charge on any atom is -0.338 e. The lowest BCUT2D eigenvalue weighted by Gasteiger charge is -2.46. The molecule has 0 spiro atoms. The van der Waals surface area contributed by atoms with Gasteiger partial charge in [-0.2, -0.15) is 11.8 Å². The average molecular weight is 292 g/mol. The molecule has 1 fully saturated rings. The van der Waals surface area contributed by atoms with Crippen molar-refractivity contribution in [2.75, 3.05) is 25.1 Å². The Morgan fingerprint density at radius 2 is 2.10 bits per heavy atom. The SMILES string of the molecule is CSCCCCNC(=O)N1CC(C)C1c1ccccc1. The summed E-state index contributed by atoms with van der Waals surface area (Å²) in [5.74, 6) is 1.71. The van der Waals surface area contributed by atoms with Crippen molar-refractivity contribution < 1.29 is 4.79 Å². The first kappa shape index (κ1) is 15.2. The van der Waals surface area contributed by atoms with E-state index in [4.69, 9.17) is 0 Å². The van der Waals surface area contributed by atoms with Gasteiger partial charge in [0.15, 0.2) is 0 Å². The summed E-state index contributed by atoms with van der Waals surface area (Å²) >= 11 is 1.86. The van der Waals surface area contributed by atoms with E-state index < -0.39 is 0 Å². The lowest BCUT2D eigenvalue weighted by molar-refractivity contribution is 0.0593. The number of likely N-dealkylation sites (tertiary alicyclic amines) is 1. The molecule has 20 heavy (non-hydrogen) atoms. The van der Waals surface area contributed by atoms with Crippen molar-refractivity contribution >= 4 is 17.8 Å². The number of carbonyl (C=O) groups excluding carboxylic acids is 1. The molecule has 1 saturated heterocycles. The molecular weight excluding hydrogens is 268 g/mol. The number of hydrogen-bond acceptors (Lipinski definition) is 2. The van der Waals surface area contributed by atoms with Gasteiger partial charge in [0.05, 0.1) is 6.04 Å². The summed E-state index contributed by atoms with van der Waals surface area (Å²) in [7, 11) is 0. The third-order valence-electron chi connectivity index (χ3n) is 3.81. The van der Waals surface area contributed by atoms with Crippen molar-refractivity contribution in [3.63, 3.8) is 0 Å². The minimum absolute atomic E-state index is 0.0844. The van der Waals surface area contributed by atoms with Crippen LogP contribution in [0, 0.1) is 5.92 Å². The van der Waals surface area contributed by atoms with Crippen molar-refractivity contribution in [2.24, 2.45) is 5.92 Å². The molecule has 0 aromatic heterocycles. The Bertz CT molecular complexity index is 424. The molecule has 2 atom stereocenters. The molecule has 1 N–H and O–H groups in total. The molecule has 2 rings (SSSR count). The van der Waals surface area contributed by atoms with E-state index in [-0.39, 0.29) is 12.1 Å². The third-order valence-corrected chi connectivity index (χ3v) is 4.51. The molecule has 3 nitrogen and oxygen atoms in total. The van der Waals surface area contributed by atoms with Crippen molar-refractivity contribution in [1.29, 1.82) is 0 Å². The Hall–Kier alpha value is -1.16. The third kappa shape index (κ3) is 3.69. The fourth-order valence-electron chi connectivity index (χ4n) is 2.73. The van der Waals surface area contributed by atoms with Gasteiger partial charge in [-0.25, -0.2) is 4.79 Å². The lowest BCUT2D eigenvalue weighted by atomic mass is 9.85. The van der Waals surface area contributed by atoms with Gasteiger partial charge in [0.1, 0.15) is 0 Å². The van der Waals surface area contributed by atoms with Gasteiger partial charge >= 0.3 is 6.03 Å². The maximum absolute atomic E-state index is 12.2. The van der Waals surface area contributed by atoms with Gasteiger partial charge in [0.2, 0.25) is 0 Å². The molecule has 1 heterocycles. The molecule has 0 bridgehead atoms. The van der Waals surface area contributed by atoms with Crippen LogP contribution in [0.4, 0.5) is 4.79 Å². The molecule has 0 saturated carbocycles. The molecule has 1 aromatic rings. The van der Waals surface area contributed by atoms with E-state index in [2.05, 4.69) is 30.6 Å². The molecule has 2 unspecified atom stereocenters. The minimum atomic E-state index is 0.0844. The number of thioether (sulfide) groups is 1. The van der Waals surface area contributed by atoms with Gasteiger partial charge in [-0.1, -0.05) is 37.3 Å². The smallest absolute Gasteiger partial charge is 0.317 e. The summed E-state index contributed by atoms with van der Waals surface area (Å²) in [6.45, 7) is 3.85. The number of benzene rings is 1. The quantitative estimate of drug-likeness (QED) is 0.814. The summed E-state index contributed by atoms with van der Waals surface area (Å²) in [4.78, 5) is 14.1. The Morgan fingerprint density at radius 3 is 2.75 bits per heavy atom. The highest BCUT2D eigenvalue weighted by atomic mass is 32.2. The molecule has 1 aliphatic rings. The fourth-order valence-corrected chi connectivity index (χ4v) is 3.22. The number of amides is 2. The van der Waals surface area contributed by atoms with Crippen LogP contribution in [0.1, 0.15) is 31.4 Å². The van der Waals surface area contributed by atoms with E-state index in [0.717, 1.165) is 19.5 Å². The zero-order chi connectivity index (χ0) is 14.4. The number of nitrogens with one attached hydrogen (secondary N) is 1. The number of urea groups is 1. The van der Waals surface area contributed by atoms with Crippen LogP contribution in [0.15, 0.2) is 30.3 Å². The van der Waals surface area contributed by atoms with Crippen LogP contribution in [-0.2, 0) is 0 Å². The van der Waals surface area contributed by atoms with E-state index in [9.17, 15) is 4.79 Å². The van der Waals surface area contributed by atoms with E-state index >= 15 is 0 Å². The predicted octanol–water partition coefficient (Wildman–Crippen LogP) is 3.53. The van der Waals surface area contributed by atoms with E-state index in [1.54, 1.807) is 0 Å². The van der Waals surface area contributed by atoms with Crippen LogP contribution in [0.2, 0.25) is 0 Å². The molecule has 0 aliphatic carbocycles. The number of carbonyl (C=O) groups is 1. The van der Waals surface area contributed by atoms with Crippen molar-refractivity contribution in [1.82, 2.24) is 10.2 Å². The van der Waals surface area contributed by atoms with Gasteiger partial charge in [0, 0.05) is 13.1 Å². The Balaban J connectivity index is 1.81. The molecule has 1 aliphatic heterocycles. The van der Waals surface area contributed by atoms with Gasteiger partial charge in [-0.3, -0.25) is 0 Å². The molecule has 2 amide bonds. The topological polar surface area (TPSA) is 32.3 Å². The Kier molecular flexibility index (Phi) is 5.77. The Morgan fingerprint density at radius 1 is 1.35 bits per heavy atom. The standard InChI is InChI=1S/C16H24N2OS/c1-13-12-18(15(13)14-8-4-3-5-9-14)16(19)17-10-6-7-11-20-2/h3-5,8-9,13,15H,6-7,10-12H2,1-2H3,(H,17,19). The van der Waals surface area contributed by atoms with Crippen LogP contribution in [0.25, 0.3) is 0 Å². The predicted molar refractivity (Wildman–Crippen MR) is 86.1 cm³/mol. The zero-order valence-corrected chi connectivity index (χ0v) is 13.2. The van der Waals surface area contributed by atoms with Crippen LogP contribution in [0.3, 0.4) is 0 Å². The maximum atomic E-state index is 12.2. The molecule has 1 aromatic carbocycles. The number of hydrogen-bond donors (Lipinski definition) is 1. The van der Waals surface area contributed by atoms with Crippen LogP contribution >= 0.6 is 11.8 Å². The summed E-state index contributed by atoms with van der Waals surface area (Å²) in [5.41, 5.74) is 1.24. The average Bonchev–Trinajstić information content (AvgIpc) is 2.45. The molecule has 4 heteroatoms.